The molecule has 4 atom stereocenters. The number of nitrogens with zero attached hydrogens (tertiary/aromatic N) is 2. The molecule has 156 valence electrons. The number of ketones is 3. The first kappa shape index (κ1) is 17.6. The zero-order valence-corrected chi connectivity index (χ0v) is 15.5. The van der Waals surface area contributed by atoms with Crippen LogP contribution in [0.15, 0.2) is 18.5 Å². The molecule has 2 heterocycles. The van der Waals surface area contributed by atoms with E-state index in [0.717, 1.165) is 23.0 Å². The van der Waals surface area contributed by atoms with Crippen LogP contribution in [0, 0.1) is 5.82 Å². The Kier molecular flexibility index (Phi) is 4.03. The van der Waals surface area contributed by atoms with Gasteiger partial charge in [0.15, 0.2) is 29.2 Å². The molecule has 1 aliphatic rings. The molecule has 1 aromatic carbocycles. The Bertz CT molecular complexity index is 1120. The van der Waals surface area contributed by atoms with Gasteiger partial charge in [0.25, 0.3) is 0 Å². The van der Waals surface area contributed by atoms with Crippen LogP contribution in [0.3, 0.4) is 0 Å². The maximum Gasteiger partial charge on any atom is 0.207 e. The predicted octanol–water partition coefficient (Wildman–Crippen LogP) is 0.318. The van der Waals surface area contributed by atoms with Crippen molar-refractivity contribution in [3.63, 3.8) is 0 Å². The number of fused-ring (bicyclic) bond motifs is 1. The second kappa shape index (κ2) is 6.64. The summed E-state index contributed by atoms with van der Waals surface area (Å²) in [4.78, 5) is 41.8. The zero-order valence-electron chi connectivity index (χ0n) is 17.8. The summed E-state index contributed by atoms with van der Waals surface area (Å²) in [5, 5.41) is 33.4. The molecule has 3 rings (SSSR count). The second-order valence-electron chi connectivity index (χ2n) is 6.68. The molecule has 11 heteroatoms. The van der Waals surface area contributed by atoms with Crippen molar-refractivity contribution in [3.05, 3.63) is 29.3 Å². The Labute approximate surface area is 172 Å². The molecule has 0 saturated carbocycles. The van der Waals surface area contributed by atoms with Gasteiger partial charge < -0.3 is 24.6 Å². The zero-order chi connectivity index (χ0) is 24.1. The van der Waals surface area contributed by atoms with E-state index < -0.39 is 73.5 Å². The number of aliphatic hydroxyl groups is 3. The number of imidazole rings is 1. The van der Waals surface area contributed by atoms with Gasteiger partial charge in [-0.05, 0) is 26.8 Å². The van der Waals surface area contributed by atoms with Crippen molar-refractivity contribution in [2.24, 2.45) is 0 Å². The molecule has 0 amide bonds. The number of aromatic nitrogens is 2. The molecule has 1 unspecified atom stereocenters. The van der Waals surface area contributed by atoms with Crippen molar-refractivity contribution in [3.8, 4) is 0 Å². The van der Waals surface area contributed by atoms with Crippen LogP contribution >= 0.6 is 11.6 Å². The number of Topliss-reactive ketones (excluding diaryl/α,β-unsaturated/α-hetero) is 3. The van der Waals surface area contributed by atoms with E-state index in [4.69, 9.17) is 20.5 Å². The van der Waals surface area contributed by atoms with Gasteiger partial charge in [0.05, 0.1) is 29.0 Å². The van der Waals surface area contributed by atoms with Crippen molar-refractivity contribution in [2.75, 3.05) is 6.61 Å². The quantitative estimate of drug-likeness (QED) is 0.629. The maximum atomic E-state index is 14.1. The highest BCUT2D eigenvalue weighted by molar-refractivity contribution is 6.31. The van der Waals surface area contributed by atoms with E-state index in [1.165, 1.54) is 0 Å². The molecule has 0 bridgehead atoms. The van der Waals surface area contributed by atoms with Crippen LogP contribution in [0.4, 0.5) is 4.39 Å². The molecule has 0 radical (unpaired) electrons. The summed E-state index contributed by atoms with van der Waals surface area (Å²) >= 11 is 5.73. The lowest BCUT2D eigenvalue weighted by molar-refractivity contribution is -0.310. The lowest BCUT2D eigenvalue weighted by atomic mass is 9.63. The summed E-state index contributed by atoms with van der Waals surface area (Å²) in [5.41, 5.74) is -10.5. The smallest absolute Gasteiger partial charge is 0.207 e. The second-order valence-corrected chi connectivity index (χ2v) is 7.08. The highest BCUT2D eigenvalue weighted by Gasteiger charge is 2.75. The summed E-state index contributed by atoms with van der Waals surface area (Å²) < 4.78 is 42.4. The first-order valence-electron chi connectivity index (χ1n) is 10.1. The van der Waals surface area contributed by atoms with Crippen molar-refractivity contribution < 1.29 is 42.9 Å². The SMILES string of the molecule is [2H]CC(=O)[C@@]1(O)[C@@](O)(C(=O)C[2H])COC(n2cnc3cc(Cl)c(F)cc32)[C@@]1(O)C(=O)C[2H]. The Morgan fingerprint density at radius 2 is 1.90 bits per heavy atom. The van der Waals surface area contributed by atoms with E-state index in [9.17, 15) is 34.1 Å². The van der Waals surface area contributed by atoms with Crippen LogP contribution in [0.1, 0.15) is 31.0 Å². The molecule has 9 nitrogen and oxygen atoms in total. The van der Waals surface area contributed by atoms with Crippen LogP contribution in [0.25, 0.3) is 11.0 Å². The van der Waals surface area contributed by atoms with Crippen LogP contribution < -0.4 is 0 Å². The third kappa shape index (κ3) is 2.60. The molecular weight excluding hydrogens is 411 g/mol. The lowest BCUT2D eigenvalue weighted by Gasteiger charge is -2.54. The number of carbonyl (C=O) groups is 3. The van der Waals surface area contributed by atoms with Crippen molar-refractivity contribution in [1.29, 1.82) is 0 Å². The first-order valence-corrected chi connectivity index (χ1v) is 8.39. The minimum atomic E-state index is -3.66. The number of hydrogen-bond acceptors (Lipinski definition) is 8. The van der Waals surface area contributed by atoms with Crippen LogP contribution in [-0.2, 0) is 19.1 Å². The first-order chi connectivity index (χ1) is 14.9. The summed E-state index contributed by atoms with van der Waals surface area (Å²) in [6, 6.07) is 2.00. The monoisotopic (exact) mass is 431 g/mol. The Hall–Kier alpha value is -2.24. The normalized spacial score (nSPS) is 33.7. The molecule has 1 saturated heterocycles. The van der Waals surface area contributed by atoms with E-state index in [0.29, 0.717) is 0 Å². The number of carbonyl (C=O) groups excluding carboxylic acids is 3. The van der Waals surface area contributed by atoms with E-state index in [-0.39, 0.29) is 16.1 Å². The third-order valence-corrected chi connectivity index (χ3v) is 5.41. The highest BCUT2D eigenvalue weighted by atomic mass is 35.5. The van der Waals surface area contributed by atoms with Gasteiger partial charge in [0.1, 0.15) is 5.82 Å². The van der Waals surface area contributed by atoms with Gasteiger partial charge in [-0.2, -0.15) is 0 Å². The Balaban J connectivity index is 2.35. The molecule has 29 heavy (non-hydrogen) atoms. The van der Waals surface area contributed by atoms with E-state index in [2.05, 4.69) is 4.98 Å². The molecule has 0 aliphatic carbocycles. The van der Waals surface area contributed by atoms with Crippen LogP contribution in [-0.4, -0.2) is 65.6 Å². The fourth-order valence-corrected chi connectivity index (χ4v) is 3.63. The fraction of sp³-hybridized carbons (Fsp3) is 0.444. The number of halogens is 2. The van der Waals surface area contributed by atoms with E-state index >= 15 is 0 Å². The molecule has 0 spiro atoms. The maximum absolute atomic E-state index is 14.1. The van der Waals surface area contributed by atoms with Gasteiger partial charge in [-0.1, -0.05) is 11.6 Å². The Morgan fingerprint density at radius 3 is 2.52 bits per heavy atom. The molecule has 3 N–H and O–H groups in total. The predicted molar refractivity (Wildman–Crippen MR) is 96.6 cm³/mol. The number of rotatable bonds is 4. The molecular formula is C18H18ClFN2O7. The van der Waals surface area contributed by atoms with Crippen molar-refractivity contribution in [1.82, 2.24) is 9.55 Å². The standard InChI is InChI=1S/C18H18ClFN2O7/c1-8(23)16(26)6-29-15(17(27,9(2)24)18(16,28)10(3)25)22-7-21-13-4-11(19)12(20)5-14(13)22/h4-5,7,15,26-28H,6H2,1-3H3/t15?,16-,17-,18+/m0/s1/i1D,2D,3D. The van der Waals surface area contributed by atoms with E-state index in [1.807, 2.05) is 0 Å². The molecule has 1 aromatic heterocycles. The number of hydrogen-bond donors (Lipinski definition) is 3. The molecule has 1 aliphatic heterocycles. The topological polar surface area (TPSA) is 139 Å². The van der Waals surface area contributed by atoms with Gasteiger partial charge in [0.2, 0.25) is 11.2 Å². The molecule has 2 aromatic rings. The number of benzene rings is 1. The van der Waals surface area contributed by atoms with Gasteiger partial charge in [0, 0.05) is 10.2 Å². The minimum Gasteiger partial charge on any atom is -0.376 e. The third-order valence-electron chi connectivity index (χ3n) is 5.12. The number of ether oxygens (including phenoxy) is 1. The van der Waals surface area contributed by atoms with Gasteiger partial charge >= 0.3 is 0 Å². The van der Waals surface area contributed by atoms with Gasteiger partial charge in [-0.15, -0.1) is 0 Å². The van der Waals surface area contributed by atoms with Crippen LogP contribution in [0.2, 0.25) is 5.02 Å². The highest BCUT2D eigenvalue weighted by Crippen LogP contribution is 2.48. The van der Waals surface area contributed by atoms with Crippen LogP contribution in [0.5, 0.6) is 0 Å². The summed E-state index contributed by atoms with van der Waals surface area (Å²) in [5.74, 6) is -5.55. The fourth-order valence-electron chi connectivity index (χ4n) is 3.47. The average Bonchev–Trinajstić information content (AvgIpc) is 3.17. The minimum absolute atomic E-state index is 0.0686. The van der Waals surface area contributed by atoms with Gasteiger partial charge in [-0.25, -0.2) is 9.37 Å². The molecule has 1 fully saturated rings. The largest absolute Gasteiger partial charge is 0.376 e. The van der Waals surface area contributed by atoms with E-state index in [1.54, 1.807) is 0 Å². The summed E-state index contributed by atoms with van der Waals surface area (Å²) in [6.45, 7) is -4.84. The lowest BCUT2D eigenvalue weighted by Crippen LogP contribution is -2.82. The average molecular weight is 432 g/mol. The summed E-state index contributed by atoms with van der Waals surface area (Å²) in [6.07, 6.45) is -1.11. The van der Waals surface area contributed by atoms with Crippen molar-refractivity contribution in [2.45, 2.75) is 43.7 Å². The van der Waals surface area contributed by atoms with Gasteiger partial charge in [-0.3, -0.25) is 14.4 Å². The summed E-state index contributed by atoms with van der Waals surface area (Å²) in [7, 11) is 0. The Morgan fingerprint density at radius 1 is 1.24 bits per heavy atom. The van der Waals surface area contributed by atoms with Crippen molar-refractivity contribution >= 4 is 40.0 Å².